The minimum atomic E-state index is 0.890. The van der Waals surface area contributed by atoms with Crippen molar-refractivity contribution in [3.8, 4) is 0 Å². The van der Waals surface area contributed by atoms with E-state index in [1.165, 1.54) is 12.8 Å². The second-order valence-corrected chi connectivity index (χ2v) is 3.42. The zero-order valence-corrected chi connectivity index (χ0v) is 6.96. The monoisotopic (exact) mass is 146 g/mol. The van der Waals surface area contributed by atoms with Crippen LogP contribution in [-0.2, 0) is 0 Å². The van der Waals surface area contributed by atoms with Crippen molar-refractivity contribution in [2.45, 2.75) is 25.7 Å². The Morgan fingerprint density at radius 2 is 2.00 bits per heavy atom. The van der Waals surface area contributed by atoms with Gasteiger partial charge in [-0.25, -0.2) is 0 Å². The smallest absolute Gasteiger partial charge is 0.0131 e. The van der Waals surface area contributed by atoms with Crippen molar-refractivity contribution in [3.63, 3.8) is 0 Å². The molecule has 0 spiro atoms. The van der Waals surface area contributed by atoms with Crippen LogP contribution >= 0.6 is 0 Å². The van der Waals surface area contributed by atoms with Gasteiger partial charge in [-0.2, -0.15) is 0 Å². The molecule has 1 aliphatic rings. The fourth-order valence-electron chi connectivity index (χ4n) is 1.81. The van der Waals surface area contributed by atoms with Crippen LogP contribution in [0.4, 0.5) is 0 Å². The molecule has 0 saturated heterocycles. The van der Waals surface area contributed by atoms with E-state index >= 15 is 0 Å². The van der Waals surface area contributed by atoms with Gasteiger partial charge < -0.3 is 0 Å². The van der Waals surface area contributed by atoms with Crippen LogP contribution in [0.3, 0.4) is 0 Å². The van der Waals surface area contributed by atoms with Gasteiger partial charge in [-0.1, -0.05) is 43.7 Å². The fraction of sp³-hybridized carbons (Fsp3) is 0.455. The second kappa shape index (κ2) is 2.69. The first-order valence-electron chi connectivity index (χ1n) is 4.46. The molecule has 1 fully saturated rings. The Hall–Kier alpha value is -0.780. The molecule has 0 bridgehead atoms. The SMILES string of the molecule is CC[C@H]1C[C@H]1c1ccccc1. The Bertz CT molecular complexity index is 225. The molecule has 0 aliphatic heterocycles. The van der Waals surface area contributed by atoms with Crippen LogP contribution < -0.4 is 0 Å². The molecule has 0 unspecified atom stereocenters. The highest BCUT2D eigenvalue weighted by Gasteiger charge is 2.35. The highest BCUT2D eigenvalue weighted by Crippen LogP contribution is 2.49. The molecule has 0 nitrogen and oxygen atoms in total. The van der Waals surface area contributed by atoms with Gasteiger partial charge >= 0.3 is 0 Å². The predicted octanol–water partition coefficient (Wildman–Crippen LogP) is 3.20. The van der Waals surface area contributed by atoms with E-state index in [0.29, 0.717) is 0 Å². The molecule has 0 N–H and O–H groups in total. The molecule has 11 heavy (non-hydrogen) atoms. The average molecular weight is 146 g/mol. The van der Waals surface area contributed by atoms with E-state index in [1.54, 1.807) is 5.56 Å². The fourth-order valence-corrected chi connectivity index (χ4v) is 1.81. The third-order valence-corrected chi connectivity index (χ3v) is 2.67. The Morgan fingerprint density at radius 1 is 1.27 bits per heavy atom. The molecule has 1 aliphatic carbocycles. The number of hydrogen-bond donors (Lipinski definition) is 0. The summed E-state index contributed by atoms with van der Waals surface area (Å²) in [5.74, 6) is 1.87. The molecule has 1 aromatic rings. The van der Waals surface area contributed by atoms with E-state index in [0.717, 1.165) is 11.8 Å². The van der Waals surface area contributed by atoms with Gasteiger partial charge in [-0.15, -0.1) is 0 Å². The van der Waals surface area contributed by atoms with Crippen molar-refractivity contribution >= 4 is 0 Å². The van der Waals surface area contributed by atoms with E-state index in [-0.39, 0.29) is 0 Å². The van der Waals surface area contributed by atoms with Crippen molar-refractivity contribution < 1.29 is 0 Å². The number of benzene rings is 1. The lowest BCUT2D eigenvalue weighted by Crippen LogP contribution is -1.80. The maximum absolute atomic E-state index is 2.29. The summed E-state index contributed by atoms with van der Waals surface area (Å²) in [6.07, 6.45) is 2.76. The quantitative estimate of drug-likeness (QED) is 0.601. The summed E-state index contributed by atoms with van der Waals surface area (Å²) in [4.78, 5) is 0. The Morgan fingerprint density at radius 3 is 2.55 bits per heavy atom. The molecule has 0 radical (unpaired) electrons. The summed E-state index contributed by atoms with van der Waals surface area (Å²) < 4.78 is 0. The molecule has 1 saturated carbocycles. The standard InChI is InChI=1S/C11H14/c1-2-9-8-11(9)10-6-4-3-5-7-10/h3-7,9,11H,2,8H2,1H3/t9-,11+/m0/s1. The van der Waals surface area contributed by atoms with Crippen LogP contribution in [-0.4, -0.2) is 0 Å². The van der Waals surface area contributed by atoms with Gasteiger partial charge in [0.05, 0.1) is 0 Å². The van der Waals surface area contributed by atoms with Crippen molar-refractivity contribution in [1.29, 1.82) is 0 Å². The third-order valence-electron chi connectivity index (χ3n) is 2.67. The summed E-state index contributed by atoms with van der Waals surface area (Å²) in [7, 11) is 0. The summed E-state index contributed by atoms with van der Waals surface area (Å²) in [6, 6.07) is 10.9. The number of hydrogen-bond acceptors (Lipinski definition) is 0. The normalized spacial score (nSPS) is 28.5. The minimum absolute atomic E-state index is 0.890. The van der Waals surface area contributed by atoms with Gasteiger partial charge in [0.1, 0.15) is 0 Å². The highest BCUT2D eigenvalue weighted by atomic mass is 14.4. The first-order chi connectivity index (χ1) is 5.42. The Kier molecular flexibility index (Phi) is 1.69. The van der Waals surface area contributed by atoms with E-state index in [4.69, 9.17) is 0 Å². The van der Waals surface area contributed by atoms with Crippen LogP contribution in [0.2, 0.25) is 0 Å². The zero-order chi connectivity index (χ0) is 7.68. The van der Waals surface area contributed by atoms with Crippen molar-refractivity contribution in [3.05, 3.63) is 35.9 Å². The molecule has 2 atom stereocenters. The minimum Gasteiger partial charge on any atom is -0.0651 e. The first-order valence-corrected chi connectivity index (χ1v) is 4.46. The summed E-state index contributed by atoms with van der Waals surface area (Å²) >= 11 is 0. The maximum Gasteiger partial charge on any atom is -0.0131 e. The van der Waals surface area contributed by atoms with E-state index in [9.17, 15) is 0 Å². The van der Waals surface area contributed by atoms with Gasteiger partial charge in [0.15, 0.2) is 0 Å². The van der Waals surface area contributed by atoms with Gasteiger partial charge in [-0.3, -0.25) is 0 Å². The van der Waals surface area contributed by atoms with Crippen LogP contribution in [0.1, 0.15) is 31.2 Å². The van der Waals surface area contributed by atoms with E-state index in [1.807, 2.05) is 0 Å². The van der Waals surface area contributed by atoms with Crippen LogP contribution in [0, 0.1) is 5.92 Å². The Labute approximate surface area is 68.3 Å². The molecule has 0 amide bonds. The van der Waals surface area contributed by atoms with Crippen LogP contribution in [0.25, 0.3) is 0 Å². The summed E-state index contributed by atoms with van der Waals surface area (Å²) in [5, 5.41) is 0. The highest BCUT2D eigenvalue weighted by molar-refractivity contribution is 5.25. The lowest BCUT2D eigenvalue weighted by Gasteiger charge is -1.96. The summed E-state index contributed by atoms with van der Waals surface area (Å²) in [6.45, 7) is 2.29. The molecule has 2 rings (SSSR count). The third kappa shape index (κ3) is 1.30. The Balaban J connectivity index is 2.09. The lowest BCUT2D eigenvalue weighted by molar-refractivity contribution is 0.766. The molecular formula is C11H14. The van der Waals surface area contributed by atoms with Gasteiger partial charge in [-0.05, 0) is 23.8 Å². The lowest BCUT2D eigenvalue weighted by atomic mass is 10.1. The number of rotatable bonds is 2. The van der Waals surface area contributed by atoms with E-state index < -0.39 is 0 Å². The average Bonchev–Trinajstić information content (AvgIpc) is 2.85. The molecule has 1 aromatic carbocycles. The van der Waals surface area contributed by atoms with Crippen molar-refractivity contribution in [2.24, 2.45) is 5.92 Å². The maximum atomic E-state index is 2.29. The molecule has 0 heterocycles. The molecular weight excluding hydrogens is 132 g/mol. The van der Waals surface area contributed by atoms with Crippen LogP contribution in [0.15, 0.2) is 30.3 Å². The molecule has 58 valence electrons. The molecule has 0 aromatic heterocycles. The van der Waals surface area contributed by atoms with Crippen LogP contribution in [0.5, 0.6) is 0 Å². The van der Waals surface area contributed by atoms with Gasteiger partial charge in [0, 0.05) is 0 Å². The second-order valence-electron chi connectivity index (χ2n) is 3.42. The zero-order valence-electron chi connectivity index (χ0n) is 6.96. The van der Waals surface area contributed by atoms with Crippen molar-refractivity contribution in [1.82, 2.24) is 0 Å². The van der Waals surface area contributed by atoms with Gasteiger partial charge in [0.2, 0.25) is 0 Å². The molecule has 0 heteroatoms. The summed E-state index contributed by atoms with van der Waals surface area (Å²) in [5.41, 5.74) is 1.54. The largest absolute Gasteiger partial charge is 0.0651 e. The predicted molar refractivity (Wildman–Crippen MR) is 47.6 cm³/mol. The first kappa shape index (κ1) is 6.90. The van der Waals surface area contributed by atoms with Crippen molar-refractivity contribution in [2.75, 3.05) is 0 Å². The van der Waals surface area contributed by atoms with E-state index in [2.05, 4.69) is 37.3 Å². The topological polar surface area (TPSA) is 0 Å². The van der Waals surface area contributed by atoms with Gasteiger partial charge in [0.25, 0.3) is 0 Å².